The normalized spacial score (nSPS) is 11.2. The molecule has 9 heteroatoms. The summed E-state index contributed by atoms with van der Waals surface area (Å²) >= 11 is 0. The Kier molecular flexibility index (Phi) is 4.24. The van der Waals surface area contributed by atoms with Crippen LogP contribution in [0.25, 0.3) is 11.1 Å². The molecule has 0 spiro atoms. The van der Waals surface area contributed by atoms with Crippen molar-refractivity contribution in [3.8, 4) is 22.8 Å². The third kappa shape index (κ3) is 3.66. The number of ether oxygens (including phenoxy) is 1. The van der Waals surface area contributed by atoms with Gasteiger partial charge < -0.3 is 9.84 Å². The first-order chi connectivity index (χ1) is 11.8. The molecular formula is C16H13N3O5S. The number of aromatic nitrogens is 3. The van der Waals surface area contributed by atoms with Crippen molar-refractivity contribution < 1.29 is 23.1 Å². The smallest absolute Gasteiger partial charge is 0.362 e. The molecule has 0 amide bonds. The van der Waals surface area contributed by atoms with Gasteiger partial charge in [0.2, 0.25) is 5.69 Å². The molecular weight excluding hydrogens is 346 g/mol. The lowest BCUT2D eigenvalue weighted by atomic mass is 10.1. The van der Waals surface area contributed by atoms with Crippen LogP contribution in [0, 0.1) is 0 Å². The van der Waals surface area contributed by atoms with E-state index in [2.05, 4.69) is 15.4 Å². The summed E-state index contributed by atoms with van der Waals surface area (Å²) in [5.41, 5.74) is 1.25. The summed E-state index contributed by atoms with van der Waals surface area (Å²) in [6.45, 7) is 0. The number of carboxylic acids is 1. The lowest BCUT2D eigenvalue weighted by Gasteiger charge is -2.07. The molecule has 0 atom stereocenters. The van der Waals surface area contributed by atoms with E-state index in [0.717, 1.165) is 17.4 Å². The van der Waals surface area contributed by atoms with Crippen molar-refractivity contribution in [1.29, 1.82) is 0 Å². The molecule has 3 rings (SSSR count). The van der Waals surface area contributed by atoms with Gasteiger partial charge in [-0.3, -0.25) is 0 Å². The Morgan fingerprint density at radius 3 is 2.48 bits per heavy atom. The second-order valence-electron chi connectivity index (χ2n) is 5.22. The number of hydrogen-bond acceptors (Lipinski definition) is 6. The minimum atomic E-state index is -3.26. The molecule has 128 valence electrons. The van der Waals surface area contributed by atoms with E-state index >= 15 is 0 Å². The van der Waals surface area contributed by atoms with E-state index in [1.165, 1.54) is 12.1 Å². The maximum Gasteiger partial charge on any atom is 0.362 e. The number of sulfone groups is 1. The number of nitrogens with one attached hydrogen (secondary N) is 1. The lowest BCUT2D eigenvalue weighted by Crippen LogP contribution is -1.99. The molecule has 0 bridgehead atoms. The fourth-order valence-electron chi connectivity index (χ4n) is 2.18. The summed E-state index contributed by atoms with van der Waals surface area (Å²) in [7, 11) is -3.26. The second kappa shape index (κ2) is 6.36. The highest BCUT2D eigenvalue weighted by atomic mass is 32.2. The standard InChI is InChI=1S/C16H13N3O5S/c1-25(22,23)13-7-5-10(6-8-13)11-3-2-4-12(9-11)24-15-14(16(20)21)17-19-18-15/h2-9H,1H3,(H,20,21)(H,17,18,19). The average molecular weight is 359 g/mol. The molecule has 1 aromatic heterocycles. The average Bonchev–Trinajstić information content (AvgIpc) is 3.03. The molecule has 0 aliphatic heterocycles. The first-order valence-electron chi connectivity index (χ1n) is 7.07. The fourth-order valence-corrected chi connectivity index (χ4v) is 2.81. The minimum Gasteiger partial charge on any atom is -0.476 e. The van der Waals surface area contributed by atoms with E-state index in [-0.39, 0.29) is 16.5 Å². The van der Waals surface area contributed by atoms with E-state index in [1.54, 1.807) is 30.3 Å². The monoisotopic (exact) mass is 359 g/mol. The highest BCUT2D eigenvalue weighted by Gasteiger charge is 2.17. The van der Waals surface area contributed by atoms with Crippen LogP contribution >= 0.6 is 0 Å². The van der Waals surface area contributed by atoms with Gasteiger partial charge in [-0.15, -0.1) is 5.10 Å². The third-order valence-electron chi connectivity index (χ3n) is 3.39. The predicted molar refractivity (Wildman–Crippen MR) is 88.4 cm³/mol. The Labute approximate surface area is 143 Å². The van der Waals surface area contributed by atoms with Crippen molar-refractivity contribution in [2.75, 3.05) is 6.26 Å². The van der Waals surface area contributed by atoms with Crippen LogP contribution in [0.3, 0.4) is 0 Å². The summed E-state index contributed by atoms with van der Waals surface area (Å²) in [6.07, 6.45) is 1.15. The zero-order chi connectivity index (χ0) is 18.0. The number of carboxylic acid groups (broad SMARTS) is 1. The summed E-state index contributed by atoms with van der Waals surface area (Å²) < 4.78 is 28.5. The number of nitrogens with zero attached hydrogens (tertiary/aromatic N) is 2. The Hall–Kier alpha value is -3.20. The van der Waals surface area contributed by atoms with E-state index in [4.69, 9.17) is 9.84 Å². The highest BCUT2D eigenvalue weighted by molar-refractivity contribution is 7.90. The first kappa shape index (κ1) is 16.7. The molecule has 0 saturated carbocycles. The largest absolute Gasteiger partial charge is 0.476 e. The molecule has 0 unspecified atom stereocenters. The number of rotatable bonds is 5. The molecule has 8 nitrogen and oxygen atoms in total. The predicted octanol–water partition coefficient (Wildman–Crippen LogP) is 2.37. The van der Waals surface area contributed by atoms with E-state index in [0.29, 0.717) is 5.75 Å². The summed E-state index contributed by atoms with van der Waals surface area (Å²) in [6, 6.07) is 13.3. The quantitative estimate of drug-likeness (QED) is 0.717. The van der Waals surface area contributed by atoms with Gasteiger partial charge in [0.05, 0.1) is 4.90 Å². The molecule has 2 aromatic carbocycles. The molecule has 25 heavy (non-hydrogen) atoms. The van der Waals surface area contributed by atoms with Gasteiger partial charge in [0.15, 0.2) is 9.84 Å². The van der Waals surface area contributed by atoms with Crippen LogP contribution < -0.4 is 4.74 Å². The van der Waals surface area contributed by atoms with Gasteiger partial charge in [-0.2, -0.15) is 0 Å². The van der Waals surface area contributed by atoms with Crippen LogP contribution in [0.1, 0.15) is 10.5 Å². The SMILES string of the molecule is CS(=O)(=O)c1ccc(-c2cccc(Oc3[nH]nnc3C(=O)O)c2)cc1. The van der Waals surface area contributed by atoms with E-state index in [1.807, 2.05) is 6.07 Å². The van der Waals surface area contributed by atoms with Crippen molar-refractivity contribution >= 4 is 15.8 Å². The summed E-state index contributed by atoms with van der Waals surface area (Å²) in [5, 5.41) is 18.2. The molecule has 0 fully saturated rings. The Morgan fingerprint density at radius 2 is 1.84 bits per heavy atom. The van der Waals surface area contributed by atoms with Gasteiger partial charge in [-0.05, 0) is 35.4 Å². The Bertz CT molecular complexity index is 1030. The van der Waals surface area contributed by atoms with Crippen LogP contribution in [-0.4, -0.2) is 41.2 Å². The van der Waals surface area contributed by atoms with Crippen LogP contribution in [0.5, 0.6) is 11.6 Å². The highest BCUT2D eigenvalue weighted by Crippen LogP contribution is 2.28. The number of carbonyl (C=O) groups is 1. The van der Waals surface area contributed by atoms with Gasteiger partial charge in [0.25, 0.3) is 5.88 Å². The summed E-state index contributed by atoms with van der Waals surface area (Å²) in [4.78, 5) is 11.3. The maximum absolute atomic E-state index is 11.5. The lowest BCUT2D eigenvalue weighted by molar-refractivity contribution is 0.0687. The van der Waals surface area contributed by atoms with Crippen molar-refractivity contribution in [3.05, 3.63) is 54.2 Å². The van der Waals surface area contributed by atoms with E-state index in [9.17, 15) is 13.2 Å². The van der Waals surface area contributed by atoms with Crippen LogP contribution in [0.4, 0.5) is 0 Å². The fraction of sp³-hybridized carbons (Fsp3) is 0.0625. The zero-order valence-corrected chi connectivity index (χ0v) is 13.8. The zero-order valence-electron chi connectivity index (χ0n) is 13.0. The van der Waals surface area contributed by atoms with E-state index < -0.39 is 15.8 Å². The number of aromatic amines is 1. The molecule has 2 N–H and O–H groups in total. The Balaban J connectivity index is 1.89. The molecule has 3 aromatic rings. The maximum atomic E-state index is 11.5. The Morgan fingerprint density at radius 1 is 1.12 bits per heavy atom. The van der Waals surface area contributed by atoms with Crippen molar-refractivity contribution in [3.63, 3.8) is 0 Å². The number of hydrogen-bond donors (Lipinski definition) is 2. The summed E-state index contributed by atoms with van der Waals surface area (Å²) in [5.74, 6) is -0.938. The molecule has 0 radical (unpaired) electrons. The van der Waals surface area contributed by atoms with Gasteiger partial charge in [-0.1, -0.05) is 29.5 Å². The molecule has 1 heterocycles. The topological polar surface area (TPSA) is 122 Å². The van der Waals surface area contributed by atoms with Gasteiger partial charge in [-0.25, -0.2) is 18.3 Å². The molecule has 0 aliphatic carbocycles. The minimum absolute atomic E-state index is 0.0722. The van der Waals surface area contributed by atoms with Crippen LogP contribution in [-0.2, 0) is 9.84 Å². The van der Waals surface area contributed by atoms with Gasteiger partial charge >= 0.3 is 5.97 Å². The third-order valence-corrected chi connectivity index (χ3v) is 4.52. The second-order valence-corrected chi connectivity index (χ2v) is 7.24. The number of benzene rings is 2. The van der Waals surface area contributed by atoms with Crippen LogP contribution in [0.15, 0.2) is 53.4 Å². The van der Waals surface area contributed by atoms with Gasteiger partial charge in [0.1, 0.15) is 5.75 Å². The number of H-pyrrole nitrogens is 1. The van der Waals surface area contributed by atoms with Crippen molar-refractivity contribution in [2.45, 2.75) is 4.90 Å². The number of aromatic carboxylic acids is 1. The molecule has 0 aliphatic rings. The van der Waals surface area contributed by atoms with Crippen molar-refractivity contribution in [2.24, 2.45) is 0 Å². The van der Waals surface area contributed by atoms with Crippen molar-refractivity contribution in [1.82, 2.24) is 15.4 Å². The molecule has 0 saturated heterocycles. The van der Waals surface area contributed by atoms with Gasteiger partial charge in [0, 0.05) is 6.26 Å². The first-order valence-corrected chi connectivity index (χ1v) is 8.96. The van der Waals surface area contributed by atoms with Crippen LogP contribution in [0.2, 0.25) is 0 Å².